The van der Waals surface area contributed by atoms with Crippen molar-refractivity contribution in [1.29, 1.82) is 0 Å². The van der Waals surface area contributed by atoms with E-state index in [1.165, 1.54) is 5.69 Å². The van der Waals surface area contributed by atoms with Gasteiger partial charge in [0.2, 0.25) is 0 Å². The number of hydrogen-bond donors (Lipinski definition) is 1. The molecular formula is C54H65BrN16O4. The SMILES string of the molecule is Brc1ccc(-c2ccc(CN3CCOCC3)nn2)cc1.Cc1nc2nc(C)c(O[C@@H]3CCN(c4ccc(-c5ccc(CN6CCOCC6)nn5)cc4)C3)c(C)n2n1.Cc1nc2nc(C)c(O[C@@H]3CCNC3)c(C)n2n1. The maximum absolute atomic E-state index is 6.44. The molecule has 0 saturated carbocycles. The van der Waals surface area contributed by atoms with Crippen LogP contribution in [-0.2, 0) is 22.6 Å². The summed E-state index contributed by atoms with van der Waals surface area (Å²) in [5.41, 5.74) is 10.7. The van der Waals surface area contributed by atoms with Crippen LogP contribution in [0.15, 0.2) is 77.3 Å². The minimum Gasteiger partial charge on any atom is -0.485 e. The van der Waals surface area contributed by atoms with Crippen molar-refractivity contribution in [3.05, 3.63) is 123 Å². The monoisotopic (exact) mass is 1080 g/mol. The van der Waals surface area contributed by atoms with Crippen molar-refractivity contribution in [1.82, 2.24) is 74.7 Å². The van der Waals surface area contributed by atoms with Crippen LogP contribution in [-0.4, -0.2) is 160 Å². The molecule has 21 heteroatoms. The van der Waals surface area contributed by atoms with Gasteiger partial charge in [-0.25, -0.2) is 9.97 Å². The predicted molar refractivity (Wildman–Crippen MR) is 288 cm³/mol. The lowest BCUT2D eigenvalue weighted by atomic mass is 10.1. The molecule has 10 heterocycles. The summed E-state index contributed by atoms with van der Waals surface area (Å²) in [5.74, 6) is 4.32. The standard InChI is InChI=1S/C27H32N8O2.C15H16BrN3O.C12H17N5O/c1-18-26(19(2)35-27(28-18)29-20(3)32-35)37-24-10-11-34(17-24)23-7-4-21(5-8-23)25-9-6-22(30-31-25)16-33-12-14-36-15-13-33;16-13-3-1-12(2-4-13)15-6-5-14(17-18-15)11-19-7-9-20-10-8-19;1-7-11(18-10-4-5-13-6-10)8(2)17-12(14-7)15-9(3)16-17/h4-9,24H,10-17H2,1-3H3;1-6H,7-11H2;10,13H,4-6H2,1-3H3/t24-;;10-/m1.1/s1. The number of benzene rings is 2. The molecule has 2 atom stereocenters. The highest BCUT2D eigenvalue weighted by Gasteiger charge is 2.27. The van der Waals surface area contributed by atoms with Crippen LogP contribution < -0.4 is 19.7 Å². The Balaban J connectivity index is 0.000000142. The van der Waals surface area contributed by atoms with Crippen LogP contribution in [0.1, 0.15) is 58.7 Å². The molecular weight excluding hydrogens is 1020 g/mol. The second-order valence-electron chi connectivity index (χ2n) is 19.3. The molecule has 4 saturated heterocycles. The third kappa shape index (κ3) is 12.9. The number of aryl methyl sites for hydroxylation is 6. The Labute approximate surface area is 445 Å². The molecule has 0 spiro atoms. The normalized spacial score (nSPS) is 18.2. The Morgan fingerprint density at radius 3 is 1.52 bits per heavy atom. The van der Waals surface area contributed by atoms with E-state index in [2.05, 4.69) is 129 Å². The fourth-order valence-corrected chi connectivity index (χ4v) is 9.88. The van der Waals surface area contributed by atoms with Gasteiger partial charge in [0.1, 0.15) is 23.9 Å². The number of halogens is 1. The molecule has 0 unspecified atom stereocenters. The zero-order valence-electron chi connectivity index (χ0n) is 43.6. The summed E-state index contributed by atoms with van der Waals surface area (Å²) in [7, 11) is 0. The van der Waals surface area contributed by atoms with E-state index in [1.54, 1.807) is 9.03 Å². The lowest BCUT2D eigenvalue weighted by Gasteiger charge is -2.25. The minimum atomic E-state index is 0.0887. The van der Waals surface area contributed by atoms with E-state index in [9.17, 15) is 0 Å². The summed E-state index contributed by atoms with van der Waals surface area (Å²) in [4.78, 5) is 24.7. The van der Waals surface area contributed by atoms with Crippen LogP contribution in [0.2, 0.25) is 0 Å². The van der Waals surface area contributed by atoms with Crippen molar-refractivity contribution < 1.29 is 18.9 Å². The number of aromatic nitrogens is 12. The van der Waals surface area contributed by atoms with E-state index < -0.39 is 0 Å². The first-order chi connectivity index (χ1) is 36.5. The van der Waals surface area contributed by atoms with Gasteiger partial charge in [-0.1, -0.05) is 40.2 Å². The summed E-state index contributed by atoms with van der Waals surface area (Å²) in [5, 5.41) is 29.7. The molecule has 0 amide bonds. The van der Waals surface area contributed by atoms with Crippen LogP contribution >= 0.6 is 15.9 Å². The fourth-order valence-electron chi connectivity index (χ4n) is 9.62. The van der Waals surface area contributed by atoms with E-state index in [1.807, 2.05) is 71.9 Å². The molecule has 0 radical (unpaired) electrons. The van der Waals surface area contributed by atoms with Gasteiger partial charge in [0.15, 0.2) is 11.5 Å². The van der Waals surface area contributed by atoms with Crippen molar-refractivity contribution in [3.8, 4) is 34.0 Å². The van der Waals surface area contributed by atoms with Gasteiger partial charge in [0.25, 0.3) is 11.6 Å². The molecule has 4 aliphatic heterocycles. The van der Waals surface area contributed by atoms with E-state index in [-0.39, 0.29) is 12.2 Å². The Bertz CT molecular complexity index is 3160. The number of hydrogen-bond acceptors (Lipinski definition) is 18. The lowest BCUT2D eigenvalue weighted by Crippen LogP contribution is -2.35. The van der Waals surface area contributed by atoms with Crippen LogP contribution in [0.25, 0.3) is 34.1 Å². The quantitative estimate of drug-likeness (QED) is 0.147. The highest BCUT2D eigenvalue weighted by atomic mass is 79.9. The van der Waals surface area contributed by atoms with Gasteiger partial charge < -0.3 is 29.2 Å². The second kappa shape index (κ2) is 23.9. The summed E-state index contributed by atoms with van der Waals surface area (Å²) >= 11 is 3.43. The van der Waals surface area contributed by atoms with Crippen LogP contribution in [0, 0.1) is 41.5 Å². The molecule has 2 aromatic carbocycles. The number of nitrogens with one attached hydrogen (secondary N) is 1. The van der Waals surface area contributed by atoms with Crippen molar-refractivity contribution in [2.45, 2.75) is 79.7 Å². The minimum absolute atomic E-state index is 0.0887. The zero-order valence-corrected chi connectivity index (χ0v) is 45.2. The number of morpholine rings is 2. The second-order valence-corrected chi connectivity index (χ2v) is 20.2. The first-order valence-electron chi connectivity index (χ1n) is 25.8. The third-order valence-corrected chi connectivity index (χ3v) is 14.2. The van der Waals surface area contributed by atoms with E-state index in [4.69, 9.17) is 18.9 Å². The molecule has 1 N–H and O–H groups in total. The molecule has 4 aliphatic rings. The third-order valence-electron chi connectivity index (χ3n) is 13.7. The molecule has 20 nitrogen and oxygen atoms in total. The molecule has 0 bridgehead atoms. The van der Waals surface area contributed by atoms with Gasteiger partial charge in [0, 0.05) is 80.1 Å². The Kier molecular flexibility index (Phi) is 16.5. The first-order valence-corrected chi connectivity index (χ1v) is 26.6. The van der Waals surface area contributed by atoms with E-state index in [0.29, 0.717) is 17.4 Å². The molecule has 0 aliphatic carbocycles. The zero-order chi connectivity index (χ0) is 51.8. The number of ether oxygens (including phenoxy) is 4. The highest BCUT2D eigenvalue weighted by molar-refractivity contribution is 9.10. The van der Waals surface area contributed by atoms with Crippen molar-refractivity contribution in [2.24, 2.45) is 0 Å². The molecule has 6 aromatic heterocycles. The predicted octanol–water partition coefficient (Wildman–Crippen LogP) is 6.53. The Morgan fingerprint density at radius 1 is 0.560 bits per heavy atom. The number of nitrogens with zero attached hydrogens (tertiary/aromatic N) is 15. The Hall–Kier alpha value is -6.62. The topological polar surface area (TPSA) is 196 Å². The smallest absolute Gasteiger partial charge is 0.253 e. The van der Waals surface area contributed by atoms with Gasteiger partial charge in [-0.05, 0) is 103 Å². The maximum atomic E-state index is 6.44. The molecule has 4 fully saturated rings. The van der Waals surface area contributed by atoms with E-state index >= 15 is 0 Å². The molecule has 8 aromatic rings. The van der Waals surface area contributed by atoms with Gasteiger partial charge in [-0.15, -0.1) is 10.2 Å². The van der Waals surface area contributed by atoms with Gasteiger partial charge in [-0.2, -0.15) is 39.4 Å². The summed E-state index contributed by atoms with van der Waals surface area (Å²) in [6.07, 6.45) is 2.30. The molecule has 392 valence electrons. The van der Waals surface area contributed by atoms with Gasteiger partial charge >= 0.3 is 0 Å². The average molecular weight is 1080 g/mol. The van der Waals surface area contributed by atoms with E-state index in [0.717, 1.165) is 183 Å². The van der Waals surface area contributed by atoms with Crippen molar-refractivity contribution >= 4 is 33.2 Å². The van der Waals surface area contributed by atoms with Crippen molar-refractivity contribution in [3.63, 3.8) is 0 Å². The van der Waals surface area contributed by atoms with Gasteiger partial charge in [0.05, 0.1) is 78.5 Å². The molecule has 12 rings (SSSR count). The van der Waals surface area contributed by atoms with Crippen LogP contribution in [0.3, 0.4) is 0 Å². The maximum Gasteiger partial charge on any atom is 0.253 e. The lowest BCUT2D eigenvalue weighted by molar-refractivity contribution is 0.0335. The molecule has 75 heavy (non-hydrogen) atoms. The summed E-state index contributed by atoms with van der Waals surface area (Å²) in [6, 6.07) is 24.9. The van der Waals surface area contributed by atoms with Crippen LogP contribution in [0.4, 0.5) is 5.69 Å². The van der Waals surface area contributed by atoms with Gasteiger partial charge in [-0.3, -0.25) is 9.80 Å². The van der Waals surface area contributed by atoms with Crippen LogP contribution in [0.5, 0.6) is 11.5 Å². The first kappa shape index (κ1) is 51.8. The Morgan fingerprint density at radius 2 is 1.05 bits per heavy atom. The largest absolute Gasteiger partial charge is 0.485 e. The highest BCUT2D eigenvalue weighted by Crippen LogP contribution is 2.30. The average Bonchev–Trinajstić information content (AvgIpc) is 4.27. The number of anilines is 1. The van der Waals surface area contributed by atoms with Crippen molar-refractivity contribution in [2.75, 3.05) is 83.7 Å². The number of rotatable bonds is 11. The number of fused-ring (bicyclic) bond motifs is 2. The summed E-state index contributed by atoms with van der Waals surface area (Å²) < 4.78 is 27.8. The summed E-state index contributed by atoms with van der Waals surface area (Å²) in [6.45, 7) is 24.0. The fraction of sp³-hybridized carbons (Fsp3) is 0.444.